The van der Waals surface area contributed by atoms with E-state index in [0.717, 1.165) is 25.1 Å². The number of Topliss-reactive ketones (excluding diaryl/α,β-unsaturated/α-hetero) is 1. The maximum absolute atomic E-state index is 10.7. The van der Waals surface area contributed by atoms with Gasteiger partial charge in [-0.2, -0.15) is 0 Å². The van der Waals surface area contributed by atoms with Gasteiger partial charge < -0.3 is 4.79 Å². The Morgan fingerprint density at radius 1 is 1.57 bits per heavy atom. The number of carbonyl (C=O) groups excluding carboxylic acids is 1. The largest absolute Gasteiger partial charge is 0.300 e. The molecule has 0 aromatic carbocycles. The first-order valence-electron chi connectivity index (χ1n) is 5.11. The number of nitrogens with zero attached hydrogens (tertiary/aromatic N) is 3. The molecule has 4 heteroatoms. The van der Waals surface area contributed by atoms with Crippen molar-refractivity contribution in [2.24, 2.45) is 0 Å². The summed E-state index contributed by atoms with van der Waals surface area (Å²) in [6.07, 6.45) is 5.48. The van der Waals surface area contributed by atoms with Crippen LogP contribution in [-0.2, 0) is 17.8 Å². The zero-order chi connectivity index (χ0) is 10.4. The van der Waals surface area contributed by atoms with Crippen LogP contribution in [0, 0.1) is 0 Å². The molecule has 1 aromatic rings. The van der Waals surface area contributed by atoms with Crippen LogP contribution in [0.25, 0.3) is 0 Å². The first kappa shape index (κ1) is 10.9. The second-order valence-corrected chi connectivity index (χ2v) is 3.53. The lowest BCUT2D eigenvalue weighted by atomic mass is 10.2. The Labute approximate surface area is 84.3 Å². The second-order valence-electron chi connectivity index (χ2n) is 3.53. The predicted octanol–water partition coefficient (Wildman–Crippen LogP) is 1.60. The number of ketones is 1. The van der Waals surface area contributed by atoms with E-state index in [2.05, 4.69) is 17.2 Å². The van der Waals surface area contributed by atoms with Gasteiger partial charge in [-0.25, -0.2) is 0 Å². The highest BCUT2D eigenvalue weighted by molar-refractivity contribution is 5.75. The van der Waals surface area contributed by atoms with Crippen molar-refractivity contribution in [1.82, 2.24) is 15.0 Å². The maximum Gasteiger partial charge on any atom is 0.130 e. The van der Waals surface area contributed by atoms with Crippen LogP contribution in [0.5, 0.6) is 0 Å². The zero-order valence-electron chi connectivity index (χ0n) is 8.86. The SMILES string of the molecule is CCCCn1cc(CCC(C)=O)nn1. The molecule has 1 rings (SSSR count). The average molecular weight is 195 g/mol. The molecule has 78 valence electrons. The van der Waals surface area contributed by atoms with Gasteiger partial charge in [0.2, 0.25) is 0 Å². The van der Waals surface area contributed by atoms with Crippen molar-refractivity contribution in [2.75, 3.05) is 0 Å². The normalized spacial score (nSPS) is 10.4. The average Bonchev–Trinajstić information content (AvgIpc) is 2.59. The fourth-order valence-corrected chi connectivity index (χ4v) is 1.19. The Balaban J connectivity index is 2.38. The molecule has 0 aliphatic rings. The van der Waals surface area contributed by atoms with Gasteiger partial charge in [0.15, 0.2) is 0 Å². The highest BCUT2D eigenvalue weighted by Gasteiger charge is 2.01. The molecular formula is C10H17N3O. The summed E-state index contributed by atoms with van der Waals surface area (Å²) in [5.41, 5.74) is 0.913. The summed E-state index contributed by atoms with van der Waals surface area (Å²) >= 11 is 0. The van der Waals surface area contributed by atoms with Crippen molar-refractivity contribution >= 4 is 5.78 Å². The van der Waals surface area contributed by atoms with Crippen LogP contribution in [0.15, 0.2) is 6.20 Å². The van der Waals surface area contributed by atoms with Gasteiger partial charge in [0.25, 0.3) is 0 Å². The molecule has 0 amide bonds. The molecule has 0 atom stereocenters. The van der Waals surface area contributed by atoms with Gasteiger partial charge in [0.1, 0.15) is 5.78 Å². The minimum Gasteiger partial charge on any atom is -0.300 e. The molecule has 0 fully saturated rings. The molecule has 0 saturated carbocycles. The summed E-state index contributed by atoms with van der Waals surface area (Å²) < 4.78 is 1.85. The number of unbranched alkanes of at least 4 members (excludes halogenated alkanes) is 1. The first-order valence-corrected chi connectivity index (χ1v) is 5.11. The fourth-order valence-electron chi connectivity index (χ4n) is 1.19. The highest BCUT2D eigenvalue weighted by atomic mass is 16.1. The number of rotatable bonds is 6. The molecule has 0 aliphatic carbocycles. The Morgan fingerprint density at radius 2 is 2.36 bits per heavy atom. The van der Waals surface area contributed by atoms with Crippen LogP contribution in [0.1, 0.15) is 38.8 Å². The van der Waals surface area contributed by atoms with Crippen LogP contribution < -0.4 is 0 Å². The van der Waals surface area contributed by atoms with Crippen LogP contribution in [0.4, 0.5) is 0 Å². The van der Waals surface area contributed by atoms with E-state index in [0.29, 0.717) is 12.8 Å². The topological polar surface area (TPSA) is 47.8 Å². The molecule has 0 N–H and O–H groups in total. The predicted molar refractivity (Wildman–Crippen MR) is 53.9 cm³/mol. The fraction of sp³-hybridized carbons (Fsp3) is 0.700. The molecule has 0 spiro atoms. The molecule has 0 saturated heterocycles. The van der Waals surface area contributed by atoms with Gasteiger partial charge in [-0.3, -0.25) is 4.68 Å². The molecule has 4 nitrogen and oxygen atoms in total. The number of aromatic nitrogens is 3. The van der Waals surface area contributed by atoms with Crippen molar-refractivity contribution in [3.8, 4) is 0 Å². The monoisotopic (exact) mass is 195 g/mol. The second kappa shape index (κ2) is 5.52. The summed E-state index contributed by atoms with van der Waals surface area (Å²) in [5, 5.41) is 7.99. The highest BCUT2D eigenvalue weighted by Crippen LogP contribution is 2.00. The van der Waals surface area contributed by atoms with Crippen LogP contribution in [0.2, 0.25) is 0 Å². The van der Waals surface area contributed by atoms with Crippen molar-refractivity contribution in [3.05, 3.63) is 11.9 Å². The van der Waals surface area contributed by atoms with E-state index in [4.69, 9.17) is 0 Å². The lowest BCUT2D eigenvalue weighted by molar-refractivity contribution is -0.116. The van der Waals surface area contributed by atoms with Crippen molar-refractivity contribution < 1.29 is 4.79 Å². The number of hydrogen-bond donors (Lipinski definition) is 0. The molecule has 0 bridgehead atoms. The van der Waals surface area contributed by atoms with Gasteiger partial charge in [-0.15, -0.1) is 5.10 Å². The molecule has 14 heavy (non-hydrogen) atoms. The smallest absolute Gasteiger partial charge is 0.130 e. The Kier molecular flexibility index (Phi) is 4.29. The summed E-state index contributed by atoms with van der Waals surface area (Å²) in [4.78, 5) is 10.7. The summed E-state index contributed by atoms with van der Waals surface area (Å²) in [6.45, 7) is 4.67. The Morgan fingerprint density at radius 3 is 3.00 bits per heavy atom. The minimum absolute atomic E-state index is 0.202. The summed E-state index contributed by atoms with van der Waals surface area (Å²) in [6, 6.07) is 0. The summed E-state index contributed by atoms with van der Waals surface area (Å²) in [7, 11) is 0. The van der Waals surface area contributed by atoms with Crippen molar-refractivity contribution in [2.45, 2.75) is 46.1 Å². The number of hydrogen-bond acceptors (Lipinski definition) is 3. The lowest BCUT2D eigenvalue weighted by Gasteiger charge is -1.95. The van der Waals surface area contributed by atoms with Gasteiger partial charge >= 0.3 is 0 Å². The molecule has 1 aromatic heterocycles. The van der Waals surface area contributed by atoms with Crippen LogP contribution in [0.3, 0.4) is 0 Å². The van der Waals surface area contributed by atoms with Crippen molar-refractivity contribution in [3.63, 3.8) is 0 Å². The van der Waals surface area contributed by atoms with E-state index < -0.39 is 0 Å². The molecule has 0 aliphatic heterocycles. The van der Waals surface area contributed by atoms with Gasteiger partial charge in [-0.05, 0) is 19.8 Å². The number of carbonyl (C=O) groups is 1. The van der Waals surface area contributed by atoms with Gasteiger partial charge in [0.05, 0.1) is 5.69 Å². The maximum atomic E-state index is 10.7. The lowest BCUT2D eigenvalue weighted by Crippen LogP contribution is -1.97. The minimum atomic E-state index is 0.202. The van der Waals surface area contributed by atoms with E-state index >= 15 is 0 Å². The quantitative estimate of drug-likeness (QED) is 0.692. The van der Waals surface area contributed by atoms with Gasteiger partial charge in [-0.1, -0.05) is 18.6 Å². The first-order chi connectivity index (χ1) is 6.72. The van der Waals surface area contributed by atoms with E-state index in [1.54, 1.807) is 6.92 Å². The van der Waals surface area contributed by atoms with Crippen molar-refractivity contribution in [1.29, 1.82) is 0 Å². The number of aryl methyl sites for hydroxylation is 2. The molecule has 0 unspecified atom stereocenters. The zero-order valence-corrected chi connectivity index (χ0v) is 8.86. The molecule has 1 heterocycles. The third-order valence-electron chi connectivity index (χ3n) is 2.06. The molecular weight excluding hydrogens is 178 g/mol. The van der Waals surface area contributed by atoms with Gasteiger partial charge in [0, 0.05) is 19.2 Å². The molecule has 0 radical (unpaired) electrons. The van der Waals surface area contributed by atoms with E-state index in [9.17, 15) is 4.79 Å². The van der Waals surface area contributed by atoms with Crippen LogP contribution >= 0.6 is 0 Å². The third-order valence-corrected chi connectivity index (χ3v) is 2.06. The van der Waals surface area contributed by atoms with E-state index in [1.165, 1.54) is 0 Å². The third kappa shape index (κ3) is 3.68. The Hall–Kier alpha value is -1.19. The van der Waals surface area contributed by atoms with E-state index in [-0.39, 0.29) is 5.78 Å². The summed E-state index contributed by atoms with van der Waals surface area (Å²) in [5.74, 6) is 0.202. The Bertz CT molecular complexity index is 293. The van der Waals surface area contributed by atoms with E-state index in [1.807, 2.05) is 10.9 Å². The van der Waals surface area contributed by atoms with Crippen LogP contribution in [-0.4, -0.2) is 20.8 Å². The standard InChI is InChI=1S/C10H17N3O/c1-3-4-7-13-8-10(11-12-13)6-5-9(2)14/h8H,3-7H2,1-2H3.